The van der Waals surface area contributed by atoms with E-state index >= 15 is 0 Å². The molecule has 28 heavy (non-hydrogen) atoms. The SMILES string of the molecule is O=C(Cn1ccn2nc3c(c2c1=O)CCCCC3)Nc1ccc2c(c1)OCO2. The zero-order valence-electron chi connectivity index (χ0n) is 15.3. The number of nitrogens with zero attached hydrogens (tertiary/aromatic N) is 3. The number of hydrogen-bond acceptors (Lipinski definition) is 5. The molecule has 2 aliphatic rings. The van der Waals surface area contributed by atoms with Gasteiger partial charge in [0.2, 0.25) is 12.7 Å². The number of anilines is 1. The highest BCUT2D eigenvalue weighted by molar-refractivity contribution is 5.91. The molecule has 0 saturated heterocycles. The summed E-state index contributed by atoms with van der Waals surface area (Å²) in [5, 5.41) is 7.38. The van der Waals surface area contributed by atoms with Crippen LogP contribution in [0.15, 0.2) is 35.4 Å². The third-order valence-corrected chi connectivity index (χ3v) is 5.25. The van der Waals surface area contributed by atoms with E-state index < -0.39 is 0 Å². The van der Waals surface area contributed by atoms with Gasteiger partial charge in [0.25, 0.3) is 5.56 Å². The van der Waals surface area contributed by atoms with E-state index in [4.69, 9.17) is 9.47 Å². The van der Waals surface area contributed by atoms with Crippen LogP contribution in [0.5, 0.6) is 11.5 Å². The Hall–Kier alpha value is -3.29. The zero-order valence-corrected chi connectivity index (χ0v) is 15.3. The third kappa shape index (κ3) is 2.90. The van der Waals surface area contributed by atoms with Crippen molar-refractivity contribution in [1.82, 2.24) is 14.2 Å². The Morgan fingerprint density at radius 2 is 1.96 bits per heavy atom. The van der Waals surface area contributed by atoms with Crippen LogP contribution >= 0.6 is 0 Å². The summed E-state index contributed by atoms with van der Waals surface area (Å²) in [4.78, 5) is 25.5. The fourth-order valence-electron chi connectivity index (χ4n) is 3.89. The van der Waals surface area contributed by atoms with Crippen molar-refractivity contribution in [2.45, 2.75) is 38.6 Å². The summed E-state index contributed by atoms with van der Waals surface area (Å²) < 4.78 is 13.7. The van der Waals surface area contributed by atoms with E-state index in [0.717, 1.165) is 43.4 Å². The van der Waals surface area contributed by atoms with Gasteiger partial charge < -0.3 is 19.4 Å². The minimum absolute atomic E-state index is 0.0657. The standard InChI is InChI=1S/C20H20N4O4/c25-18(21-13-6-7-16-17(10-13)28-12-27-16)11-23-8-9-24-19(20(23)26)14-4-2-1-3-5-15(14)22-24/h6-10H,1-5,11-12H2,(H,21,25). The molecule has 0 saturated carbocycles. The largest absolute Gasteiger partial charge is 0.454 e. The number of benzene rings is 1. The Kier molecular flexibility index (Phi) is 4.03. The fraction of sp³-hybridized carbons (Fsp3) is 0.350. The molecule has 0 radical (unpaired) electrons. The molecule has 1 N–H and O–H groups in total. The molecule has 3 aromatic rings. The monoisotopic (exact) mass is 380 g/mol. The van der Waals surface area contributed by atoms with Gasteiger partial charge in [-0.05, 0) is 37.8 Å². The molecule has 0 spiro atoms. The maximum absolute atomic E-state index is 13.0. The highest BCUT2D eigenvalue weighted by Crippen LogP contribution is 2.34. The Balaban J connectivity index is 1.40. The van der Waals surface area contributed by atoms with Crippen LogP contribution in [0.3, 0.4) is 0 Å². The minimum atomic E-state index is -0.282. The summed E-state index contributed by atoms with van der Waals surface area (Å²) in [6, 6.07) is 5.20. The summed E-state index contributed by atoms with van der Waals surface area (Å²) in [6.45, 7) is 0.113. The number of nitrogens with one attached hydrogen (secondary N) is 1. The topological polar surface area (TPSA) is 86.9 Å². The summed E-state index contributed by atoms with van der Waals surface area (Å²) >= 11 is 0. The maximum atomic E-state index is 13.0. The highest BCUT2D eigenvalue weighted by atomic mass is 16.7. The molecule has 0 atom stereocenters. The Labute approximate surface area is 160 Å². The van der Waals surface area contributed by atoms with Crippen molar-refractivity contribution >= 4 is 17.1 Å². The second kappa shape index (κ2) is 6.70. The van der Waals surface area contributed by atoms with Crippen molar-refractivity contribution in [2.75, 3.05) is 12.1 Å². The van der Waals surface area contributed by atoms with Crippen molar-refractivity contribution in [3.05, 3.63) is 52.2 Å². The van der Waals surface area contributed by atoms with Crippen LogP contribution in [0.25, 0.3) is 5.52 Å². The van der Waals surface area contributed by atoms with Gasteiger partial charge in [-0.2, -0.15) is 5.10 Å². The van der Waals surface area contributed by atoms with Crippen LogP contribution in [0.2, 0.25) is 0 Å². The number of aryl methyl sites for hydroxylation is 2. The molecule has 1 aliphatic heterocycles. The average Bonchev–Trinajstić information content (AvgIpc) is 3.22. The number of carbonyl (C=O) groups excluding carboxylic acids is 1. The molecular formula is C20H20N4O4. The Morgan fingerprint density at radius 3 is 2.89 bits per heavy atom. The van der Waals surface area contributed by atoms with Crippen molar-refractivity contribution in [3.63, 3.8) is 0 Å². The average molecular weight is 380 g/mol. The Bertz CT molecular complexity index is 1130. The van der Waals surface area contributed by atoms with Gasteiger partial charge in [0.15, 0.2) is 11.5 Å². The fourth-order valence-corrected chi connectivity index (χ4v) is 3.89. The number of rotatable bonds is 3. The second-order valence-electron chi connectivity index (χ2n) is 7.13. The van der Waals surface area contributed by atoms with Crippen LogP contribution in [0.4, 0.5) is 5.69 Å². The first-order chi connectivity index (χ1) is 13.7. The number of amides is 1. The highest BCUT2D eigenvalue weighted by Gasteiger charge is 2.19. The smallest absolute Gasteiger partial charge is 0.277 e. The van der Waals surface area contributed by atoms with E-state index in [2.05, 4.69) is 10.4 Å². The molecule has 1 aliphatic carbocycles. The number of ether oxygens (including phenoxy) is 2. The van der Waals surface area contributed by atoms with Gasteiger partial charge in [-0.3, -0.25) is 9.59 Å². The van der Waals surface area contributed by atoms with E-state index in [1.165, 1.54) is 4.57 Å². The lowest BCUT2D eigenvalue weighted by molar-refractivity contribution is -0.116. The first-order valence-electron chi connectivity index (χ1n) is 9.48. The van der Waals surface area contributed by atoms with Gasteiger partial charge >= 0.3 is 0 Å². The molecule has 8 heteroatoms. The first kappa shape index (κ1) is 16.9. The zero-order chi connectivity index (χ0) is 19.1. The number of hydrogen-bond donors (Lipinski definition) is 1. The van der Waals surface area contributed by atoms with Crippen LogP contribution in [-0.2, 0) is 24.2 Å². The van der Waals surface area contributed by atoms with Gasteiger partial charge in [0.1, 0.15) is 12.1 Å². The first-order valence-corrected chi connectivity index (χ1v) is 9.48. The lowest BCUT2D eigenvalue weighted by atomic mass is 10.1. The lowest BCUT2D eigenvalue weighted by Crippen LogP contribution is -2.28. The molecule has 1 aromatic carbocycles. The van der Waals surface area contributed by atoms with Gasteiger partial charge in [0, 0.05) is 29.7 Å². The molecule has 0 fully saturated rings. The molecule has 2 aromatic heterocycles. The number of carbonyl (C=O) groups is 1. The maximum Gasteiger partial charge on any atom is 0.277 e. The summed E-state index contributed by atoms with van der Waals surface area (Å²) in [5.41, 5.74) is 3.06. The van der Waals surface area contributed by atoms with Crippen molar-refractivity contribution in [2.24, 2.45) is 0 Å². The van der Waals surface area contributed by atoms with E-state index in [-0.39, 0.29) is 24.8 Å². The van der Waals surface area contributed by atoms with Crippen LogP contribution in [0.1, 0.15) is 30.5 Å². The quantitative estimate of drug-likeness (QED) is 0.704. The number of fused-ring (bicyclic) bond motifs is 4. The van der Waals surface area contributed by atoms with E-state index in [0.29, 0.717) is 22.7 Å². The minimum Gasteiger partial charge on any atom is -0.454 e. The Morgan fingerprint density at radius 1 is 1.11 bits per heavy atom. The molecule has 3 heterocycles. The van der Waals surface area contributed by atoms with Gasteiger partial charge in [-0.15, -0.1) is 0 Å². The van der Waals surface area contributed by atoms with E-state index in [9.17, 15) is 9.59 Å². The predicted molar refractivity (Wildman–Crippen MR) is 102 cm³/mol. The van der Waals surface area contributed by atoms with Gasteiger partial charge in [-0.25, -0.2) is 4.52 Å². The molecule has 1 amide bonds. The summed E-state index contributed by atoms with van der Waals surface area (Å²) in [7, 11) is 0. The van der Waals surface area contributed by atoms with Gasteiger partial charge in [-0.1, -0.05) is 6.42 Å². The second-order valence-corrected chi connectivity index (χ2v) is 7.13. The third-order valence-electron chi connectivity index (χ3n) is 5.25. The van der Waals surface area contributed by atoms with Crippen molar-refractivity contribution in [1.29, 1.82) is 0 Å². The van der Waals surface area contributed by atoms with Crippen molar-refractivity contribution in [3.8, 4) is 11.5 Å². The summed E-state index contributed by atoms with van der Waals surface area (Å²) in [6.07, 6.45) is 8.44. The van der Waals surface area contributed by atoms with Crippen LogP contribution < -0.4 is 20.3 Å². The molecular weight excluding hydrogens is 360 g/mol. The lowest BCUT2D eigenvalue weighted by Gasteiger charge is -2.09. The molecule has 144 valence electrons. The van der Waals surface area contributed by atoms with E-state index in [1.54, 1.807) is 35.1 Å². The molecule has 5 rings (SSSR count). The number of aromatic nitrogens is 3. The van der Waals surface area contributed by atoms with Crippen LogP contribution in [-0.4, -0.2) is 26.9 Å². The van der Waals surface area contributed by atoms with Crippen LogP contribution in [0, 0.1) is 0 Å². The summed E-state index contributed by atoms with van der Waals surface area (Å²) in [5.74, 6) is 0.968. The van der Waals surface area contributed by atoms with Gasteiger partial charge in [0.05, 0.1) is 5.69 Å². The molecule has 0 unspecified atom stereocenters. The molecule has 8 nitrogen and oxygen atoms in total. The predicted octanol–water partition coefficient (Wildman–Crippen LogP) is 2.13. The van der Waals surface area contributed by atoms with Crippen molar-refractivity contribution < 1.29 is 14.3 Å². The molecule has 0 bridgehead atoms. The normalized spacial score (nSPS) is 15.3. The van der Waals surface area contributed by atoms with E-state index in [1.807, 2.05) is 0 Å².